The average molecular weight is 329 g/mol. The summed E-state index contributed by atoms with van der Waals surface area (Å²) in [5.41, 5.74) is 8.15. The van der Waals surface area contributed by atoms with Gasteiger partial charge in [0.2, 0.25) is 0 Å². The number of hydrogen-bond acceptors (Lipinski definition) is 3. The summed E-state index contributed by atoms with van der Waals surface area (Å²) < 4.78 is 0. The van der Waals surface area contributed by atoms with Gasteiger partial charge in [-0.1, -0.05) is 30.3 Å². The molecule has 23 heavy (non-hydrogen) atoms. The molecule has 0 saturated carbocycles. The Morgan fingerprint density at radius 3 is 2.70 bits per heavy atom. The number of nitrogens with one attached hydrogen (secondary N) is 2. The second-order valence-corrected chi connectivity index (χ2v) is 6.65. The number of hydrogen-bond donors (Lipinski definition) is 3. The molecule has 1 aliphatic rings. The van der Waals surface area contributed by atoms with Gasteiger partial charge in [-0.15, -0.1) is 11.3 Å². The zero-order valence-corrected chi connectivity index (χ0v) is 13.5. The molecule has 0 spiro atoms. The molecule has 5 nitrogen and oxygen atoms in total. The monoisotopic (exact) mass is 329 g/mol. The summed E-state index contributed by atoms with van der Waals surface area (Å²) in [5, 5.41) is 6.16. The van der Waals surface area contributed by atoms with Crippen molar-refractivity contribution in [1.82, 2.24) is 5.32 Å². The smallest absolute Gasteiger partial charge is 0.319 e. The second kappa shape index (κ2) is 6.83. The second-order valence-electron chi connectivity index (χ2n) is 5.54. The first kappa shape index (κ1) is 15.6. The topological polar surface area (TPSA) is 84.2 Å². The predicted octanol–water partition coefficient (Wildman–Crippen LogP) is 2.70. The highest BCUT2D eigenvalue weighted by atomic mass is 32.1. The van der Waals surface area contributed by atoms with Crippen molar-refractivity contribution in [3.8, 4) is 0 Å². The standard InChI is InChI=1S/C17H19N3O2S/c18-15(21)14-12-7-4-8-13(12)23-16(14)20-17(22)19-10-9-11-5-2-1-3-6-11/h1-3,5-6H,4,7-10H2,(H2,18,21)(H2,19,20,22). The Morgan fingerprint density at radius 1 is 1.17 bits per heavy atom. The molecule has 3 amide bonds. The van der Waals surface area contributed by atoms with Gasteiger partial charge in [0.1, 0.15) is 5.00 Å². The number of thiophene rings is 1. The highest BCUT2D eigenvalue weighted by Crippen LogP contribution is 2.38. The maximum atomic E-state index is 12.0. The molecule has 1 aromatic heterocycles. The highest BCUT2D eigenvalue weighted by molar-refractivity contribution is 7.17. The van der Waals surface area contributed by atoms with Gasteiger partial charge in [-0.25, -0.2) is 4.79 Å². The Labute approximate surface area is 138 Å². The van der Waals surface area contributed by atoms with Gasteiger partial charge < -0.3 is 11.1 Å². The minimum absolute atomic E-state index is 0.302. The molecular weight excluding hydrogens is 310 g/mol. The van der Waals surface area contributed by atoms with Crippen LogP contribution >= 0.6 is 11.3 Å². The third-order valence-electron chi connectivity index (χ3n) is 3.94. The number of fused-ring (bicyclic) bond motifs is 1. The van der Waals surface area contributed by atoms with E-state index in [1.54, 1.807) is 0 Å². The van der Waals surface area contributed by atoms with E-state index in [2.05, 4.69) is 10.6 Å². The zero-order chi connectivity index (χ0) is 16.2. The lowest BCUT2D eigenvalue weighted by atomic mass is 10.1. The number of rotatable bonds is 5. The van der Waals surface area contributed by atoms with Gasteiger partial charge in [0.25, 0.3) is 5.91 Å². The molecule has 0 unspecified atom stereocenters. The number of benzene rings is 1. The Kier molecular flexibility index (Phi) is 4.62. The van der Waals surface area contributed by atoms with Crippen LogP contribution in [0.1, 0.15) is 32.8 Å². The Bertz CT molecular complexity index is 725. The van der Waals surface area contributed by atoms with Crippen molar-refractivity contribution in [3.05, 3.63) is 51.9 Å². The third kappa shape index (κ3) is 3.53. The SMILES string of the molecule is NC(=O)c1c(NC(=O)NCCc2ccccc2)sc2c1CCC2. The van der Waals surface area contributed by atoms with Crippen LogP contribution in [0.5, 0.6) is 0 Å². The molecule has 0 bridgehead atoms. The fourth-order valence-corrected chi connectivity index (χ4v) is 4.16. The summed E-state index contributed by atoms with van der Waals surface area (Å²) in [6, 6.07) is 9.65. The van der Waals surface area contributed by atoms with E-state index in [1.165, 1.54) is 21.8 Å². The number of aryl methyl sites for hydroxylation is 1. The van der Waals surface area contributed by atoms with Gasteiger partial charge in [0.15, 0.2) is 0 Å². The molecule has 2 aromatic rings. The highest BCUT2D eigenvalue weighted by Gasteiger charge is 2.25. The molecule has 0 radical (unpaired) electrons. The van der Waals surface area contributed by atoms with Gasteiger partial charge in [-0.3, -0.25) is 10.1 Å². The van der Waals surface area contributed by atoms with Crippen LogP contribution in [0.2, 0.25) is 0 Å². The Balaban J connectivity index is 1.59. The lowest BCUT2D eigenvalue weighted by Gasteiger charge is -2.08. The van der Waals surface area contributed by atoms with Gasteiger partial charge in [0.05, 0.1) is 5.56 Å². The Morgan fingerprint density at radius 2 is 1.96 bits per heavy atom. The molecule has 1 aliphatic carbocycles. The van der Waals surface area contributed by atoms with Crippen LogP contribution in [0.15, 0.2) is 30.3 Å². The molecule has 0 saturated heterocycles. The first-order valence-corrected chi connectivity index (χ1v) is 8.50. The van der Waals surface area contributed by atoms with Crippen LogP contribution in [0, 0.1) is 0 Å². The van der Waals surface area contributed by atoms with Gasteiger partial charge in [-0.05, 0) is 36.8 Å². The van der Waals surface area contributed by atoms with Crippen molar-refractivity contribution in [2.45, 2.75) is 25.7 Å². The number of amides is 3. The summed E-state index contributed by atoms with van der Waals surface area (Å²) in [4.78, 5) is 24.9. The minimum Gasteiger partial charge on any atom is -0.365 e. The van der Waals surface area contributed by atoms with Crippen molar-refractivity contribution in [3.63, 3.8) is 0 Å². The van der Waals surface area contributed by atoms with Crippen LogP contribution in [-0.2, 0) is 19.3 Å². The van der Waals surface area contributed by atoms with E-state index >= 15 is 0 Å². The van der Waals surface area contributed by atoms with Crippen LogP contribution in [0.4, 0.5) is 9.80 Å². The quantitative estimate of drug-likeness (QED) is 0.788. The number of anilines is 1. The van der Waals surface area contributed by atoms with E-state index in [1.807, 2.05) is 30.3 Å². The fraction of sp³-hybridized carbons (Fsp3) is 0.294. The third-order valence-corrected chi connectivity index (χ3v) is 5.14. The lowest BCUT2D eigenvalue weighted by molar-refractivity contribution is 0.100. The van der Waals surface area contributed by atoms with E-state index in [0.29, 0.717) is 17.1 Å². The van der Waals surface area contributed by atoms with Crippen LogP contribution in [-0.4, -0.2) is 18.5 Å². The summed E-state index contributed by atoms with van der Waals surface area (Å²) >= 11 is 1.46. The van der Waals surface area contributed by atoms with Crippen molar-refractivity contribution < 1.29 is 9.59 Å². The zero-order valence-electron chi connectivity index (χ0n) is 12.7. The number of carbonyl (C=O) groups excluding carboxylic acids is 2. The van der Waals surface area contributed by atoms with Gasteiger partial charge >= 0.3 is 6.03 Å². The van der Waals surface area contributed by atoms with Crippen molar-refractivity contribution in [2.24, 2.45) is 5.73 Å². The van der Waals surface area contributed by atoms with Crippen molar-refractivity contribution in [1.29, 1.82) is 0 Å². The molecule has 0 atom stereocenters. The number of urea groups is 1. The molecular formula is C17H19N3O2S. The first-order chi connectivity index (χ1) is 11.1. The molecule has 3 rings (SSSR count). The molecule has 6 heteroatoms. The van der Waals surface area contributed by atoms with Crippen molar-refractivity contribution >= 4 is 28.3 Å². The number of primary amides is 1. The molecule has 120 valence electrons. The van der Waals surface area contributed by atoms with Crippen LogP contribution in [0.3, 0.4) is 0 Å². The summed E-state index contributed by atoms with van der Waals surface area (Å²) in [6.07, 6.45) is 3.63. The van der Waals surface area contributed by atoms with Gasteiger partial charge in [0, 0.05) is 11.4 Å². The molecule has 0 fully saturated rings. The predicted molar refractivity (Wildman–Crippen MR) is 92.0 cm³/mol. The lowest BCUT2D eigenvalue weighted by Crippen LogP contribution is -2.31. The minimum atomic E-state index is -0.469. The van der Waals surface area contributed by atoms with E-state index in [-0.39, 0.29) is 6.03 Å². The molecule has 1 heterocycles. The normalized spacial score (nSPS) is 12.7. The fourth-order valence-electron chi connectivity index (χ4n) is 2.87. The largest absolute Gasteiger partial charge is 0.365 e. The Hall–Kier alpha value is -2.34. The molecule has 0 aliphatic heterocycles. The van der Waals surface area contributed by atoms with Gasteiger partial charge in [-0.2, -0.15) is 0 Å². The van der Waals surface area contributed by atoms with E-state index in [0.717, 1.165) is 31.2 Å². The molecule has 4 N–H and O–H groups in total. The maximum Gasteiger partial charge on any atom is 0.319 e. The summed E-state index contributed by atoms with van der Waals surface area (Å²) in [5.74, 6) is -0.469. The summed E-state index contributed by atoms with van der Waals surface area (Å²) in [7, 11) is 0. The summed E-state index contributed by atoms with van der Waals surface area (Å²) in [6.45, 7) is 0.535. The maximum absolute atomic E-state index is 12.0. The average Bonchev–Trinajstić information content (AvgIpc) is 3.08. The van der Waals surface area contributed by atoms with E-state index in [4.69, 9.17) is 5.73 Å². The van der Waals surface area contributed by atoms with E-state index in [9.17, 15) is 9.59 Å². The number of nitrogens with two attached hydrogens (primary N) is 1. The first-order valence-electron chi connectivity index (χ1n) is 7.68. The molecule has 1 aromatic carbocycles. The van der Waals surface area contributed by atoms with E-state index < -0.39 is 5.91 Å². The van der Waals surface area contributed by atoms with Crippen molar-refractivity contribution in [2.75, 3.05) is 11.9 Å². The van der Waals surface area contributed by atoms with Crippen LogP contribution in [0.25, 0.3) is 0 Å². The van der Waals surface area contributed by atoms with Crippen LogP contribution < -0.4 is 16.4 Å². The number of carbonyl (C=O) groups is 2.